The number of carbonyl (C=O) groups is 1. The fraction of sp³-hybridized carbons (Fsp3) is 0.462. The van der Waals surface area contributed by atoms with Crippen LogP contribution in [0.15, 0.2) is 18.2 Å². The molecule has 104 valence electrons. The number of anilines is 3. The number of amides is 1. The van der Waals surface area contributed by atoms with Crippen LogP contribution in [0.5, 0.6) is 0 Å². The average Bonchev–Trinajstić information content (AvgIpc) is 2.33. The fourth-order valence-corrected chi connectivity index (χ4v) is 2.47. The first-order valence-electron chi connectivity index (χ1n) is 6.31. The summed E-state index contributed by atoms with van der Waals surface area (Å²) in [5.74, 6) is 0. The summed E-state index contributed by atoms with van der Waals surface area (Å²) >= 11 is 0. The molecule has 1 aliphatic rings. The Balaban J connectivity index is 2.08. The van der Waals surface area contributed by atoms with E-state index in [9.17, 15) is 4.79 Å². The molecule has 1 amide bonds. The van der Waals surface area contributed by atoms with Gasteiger partial charge in [-0.15, -0.1) is 0 Å². The van der Waals surface area contributed by atoms with Gasteiger partial charge in [0.25, 0.3) is 0 Å². The fourth-order valence-electron chi connectivity index (χ4n) is 2.47. The number of para-hydroxylation sites is 1. The molecular weight excluding hydrogens is 244 g/mol. The maximum Gasteiger partial charge on any atom is 0.405 e. The van der Waals surface area contributed by atoms with Crippen molar-refractivity contribution in [2.24, 2.45) is 0 Å². The summed E-state index contributed by atoms with van der Waals surface area (Å²) in [5, 5.41) is 11.4. The van der Waals surface area contributed by atoms with E-state index < -0.39 is 6.09 Å². The Morgan fingerprint density at radius 1 is 1.37 bits per heavy atom. The molecule has 6 heteroatoms. The highest BCUT2D eigenvalue weighted by molar-refractivity contribution is 5.79. The Morgan fingerprint density at radius 2 is 2.00 bits per heavy atom. The number of carboxylic acid groups (broad SMARTS) is 1. The highest BCUT2D eigenvalue weighted by Gasteiger charge is 2.32. The smallest absolute Gasteiger partial charge is 0.405 e. The minimum atomic E-state index is -0.973. The van der Waals surface area contributed by atoms with Gasteiger partial charge >= 0.3 is 6.09 Å². The van der Waals surface area contributed by atoms with Crippen LogP contribution < -0.4 is 21.7 Å². The average molecular weight is 264 g/mol. The molecule has 0 bridgehead atoms. The predicted octanol–water partition coefficient (Wildman–Crippen LogP) is 1.48. The second-order valence-electron chi connectivity index (χ2n) is 5.26. The number of nitrogens with two attached hydrogens (primary N) is 2. The molecule has 0 atom stereocenters. The van der Waals surface area contributed by atoms with Gasteiger partial charge in [0.1, 0.15) is 0 Å². The van der Waals surface area contributed by atoms with E-state index in [0.717, 1.165) is 31.6 Å². The summed E-state index contributed by atoms with van der Waals surface area (Å²) in [7, 11) is 0. The van der Waals surface area contributed by atoms with Gasteiger partial charge in [0, 0.05) is 18.6 Å². The number of hydrogen-bond donors (Lipinski definition) is 4. The molecule has 0 aromatic heterocycles. The summed E-state index contributed by atoms with van der Waals surface area (Å²) in [6.07, 6.45) is 0.514. The van der Waals surface area contributed by atoms with Crippen molar-refractivity contribution in [1.29, 1.82) is 0 Å². The minimum Gasteiger partial charge on any atom is -0.465 e. The van der Waals surface area contributed by atoms with E-state index in [1.165, 1.54) is 0 Å². The zero-order valence-electron chi connectivity index (χ0n) is 11.0. The van der Waals surface area contributed by atoms with Gasteiger partial charge in [0.2, 0.25) is 0 Å². The van der Waals surface area contributed by atoms with Crippen molar-refractivity contribution in [3.8, 4) is 0 Å². The maximum atomic E-state index is 10.8. The lowest BCUT2D eigenvalue weighted by Crippen LogP contribution is -2.53. The van der Waals surface area contributed by atoms with Crippen molar-refractivity contribution in [3.63, 3.8) is 0 Å². The summed E-state index contributed by atoms with van der Waals surface area (Å²) in [6, 6.07) is 5.60. The van der Waals surface area contributed by atoms with Crippen molar-refractivity contribution < 1.29 is 9.90 Å². The van der Waals surface area contributed by atoms with Crippen LogP contribution >= 0.6 is 0 Å². The lowest BCUT2D eigenvalue weighted by Gasteiger charge is -2.40. The molecule has 6 nitrogen and oxygen atoms in total. The monoisotopic (exact) mass is 264 g/mol. The van der Waals surface area contributed by atoms with Gasteiger partial charge in [-0.05, 0) is 31.9 Å². The largest absolute Gasteiger partial charge is 0.465 e. The highest BCUT2D eigenvalue weighted by atomic mass is 16.4. The summed E-state index contributed by atoms with van der Waals surface area (Å²) in [6.45, 7) is 3.44. The molecule has 1 aromatic carbocycles. The summed E-state index contributed by atoms with van der Waals surface area (Å²) in [4.78, 5) is 12.9. The van der Waals surface area contributed by atoms with Gasteiger partial charge < -0.3 is 26.8 Å². The number of piperidine rings is 1. The normalized spacial score (nSPS) is 18.1. The molecule has 1 saturated heterocycles. The lowest BCUT2D eigenvalue weighted by molar-refractivity contribution is 0.173. The Hall–Kier alpha value is -2.11. The maximum absolute atomic E-state index is 10.8. The molecular formula is C13H20N4O2. The Kier molecular flexibility index (Phi) is 3.42. The SMILES string of the molecule is CC1(NC(=O)O)CCN(c2cccc(N)c2N)CC1. The van der Waals surface area contributed by atoms with E-state index in [2.05, 4.69) is 10.2 Å². The lowest BCUT2D eigenvalue weighted by atomic mass is 9.89. The molecule has 0 unspecified atom stereocenters. The molecule has 1 fully saturated rings. The van der Waals surface area contributed by atoms with Gasteiger partial charge in [0.15, 0.2) is 0 Å². The van der Waals surface area contributed by atoms with Crippen molar-refractivity contribution in [3.05, 3.63) is 18.2 Å². The summed E-state index contributed by atoms with van der Waals surface area (Å²) < 4.78 is 0. The first-order valence-corrected chi connectivity index (χ1v) is 6.31. The van der Waals surface area contributed by atoms with Gasteiger partial charge in [-0.3, -0.25) is 0 Å². The molecule has 6 N–H and O–H groups in total. The first-order chi connectivity index (χ1) is 8.91. The van der Waals surface area contributed by atoms with Crippen LogP contribution in [0.4, 0.5) is 21.9 Å². The molecule has 0 radical (unpaired) electrons. The zero-order valence-corrected chi connectivity index (χ0v) is 11.0. The van der Waals surface area contributed by atoms with Gasteiger partial charge in [0.05, 0.1) is 17.1 Å². The van der Waals surface area contributed by atoms with Crippen molar-refractivity contribution in [1.82, 2.24) is 5.32 Å². The predicted molar refractivity (Wildman–Crippen MR) is 76.3 cm³/mol. The molecule has 0 saturated carbocycles. The quantitative estimate of drug-likeness (QED) is 0.606. The van der Waals surface area contributed by atoms with Crippen molar-refractivity contribution in [2.45, 2.75) is 25.3 Å². The van der Waals surface area contributed by atoms with E-state index in [4.69, 9.17) is 16.6 Å². The number of rotatable bonds is 2. The molecule has 2 rings (SSSR count). The van der Waals surface area contributed by atoms with Crippen LogP contribution in [-0.4, -0.2) is 29.8 Å². The molecule has 1 aromatic rings. The Bertz CT molecular complexity index is 482. The standard InChI is InChI=1S/C13H20N4O2/c1-13(16-12(18)19)5-7-17(8-6-13)10-4-2-3-9(14)11(10)15/h2-4,16H,5-8,14-15H2,1H3,(H,18,19). The van der Waals surface area contributed by atoms with Crippen LogP contribution in [0.25, 0.3) is 0 Å². The molecule has 0 aliphatic carbocycles. The molecule has 1 heterocycles. The van der Waals surface area contributed by atoms with Gasteiger partial charge in [-0.2, -0.15) is 0 Å². The van der Waals surface area contributed by atoms with Gasteiger partial charge in [-0.25, -0.2) is 4.79 Å². The Morgan fingerprint density at radius 3 is 2.58 bits per heavy atom. The number of hydrogen-bond acceptors (Lipinski definition) is 4. The van der Waals surface area contributed by atoms with Crippen LogP contribution in [0.2, 0.25) is 0 Å². The van der Waals surface area contributed by atoms with E-state index in [1.54, 1.807) is 6.07 Å². The Labute approximate surface area is 112 Å². The van der Waals surface area contributed by atoms with E-state index in [0.29, 0.717) is 11.4 Å². The van der Waals surface area contributed by atoms with Crippen LogP contribution in [0, 0.1) is 0 Å². The van der Waals surface area contributed by atoms with E-state index in [-0.39, 0.29) is 5.54 Å². The first kappa shape index (κ1) is 13.3. The van der Waals surface area contributed by atoms with Gasteiger partial charge in [-0.1, -0.05) is 6.07 Å². The number of nitrogen functional groups attached to an aromatic ring is 2. The number of nitrogens with one attached hydrogen (secondary N) is 1. The van der Waals surface area contributed by atoms with Crippen molar-refractivity contribution >= 4 is 23.2 Å². The third kappa shape index (κ3) is 2.83. The zero-order chi connectivity index (χ0) is 14.0. The number of benzene rings is 1. The number of nitrogens with zero attached hydrogens (tertiary/aromatic N) is 1. The van der Waals surface area contributed by atoms with Crippen LogP contribution in [0.1, 0.15) is 19.8 Å². The summed E-state index contributed by atoms with van der Waals surface area (Å²) in [5.41, 5.74) is 13.5. The van der Waals surface area contributed by atoms with E-state index >= 15 is 0 Å². The van der Waals surface area contributed by atoms with Crippen LogP contribution in [-0.2, 0) is 0 Å². The third-order valence-electron chi connectivity index (χ3n) is 3.73. The second kappa shape index (κ2) is 4.87. The molecule has 19 heavy (non-hydrogen) atoms. The van der Waals surface area contributed by atoms with E-state index in [1.807, 2.05) is 19.1 Å². The van der Waals surface area contributed by atoms with Crippen molar-refractivity contribution in [2.75, 3.05) is 29.5 Å². The topological polar surface area (TPSA) is 105 Å². The minimum absolute atomic E-state index is 0.364. The molecule has 0 spiro atoms. The van der Waals surface area contributed by atoms with Crippen LogP contribution in [0.3, 0.4) is 0 Å². The highest BCUT2D eigenvalue weighted by Crippen LogP contribution is 2.32. The third-order valence-corrected chi connectivity index (χ3v) is 3.73. The molecule has 1 aliphatic heterocycles. The second-order valence-corrected chi connectivity index (χ2v) is 5.26.